The molecule has 1 aromatic carbocycles. The van der Waals surface area contributed by atoms with Crippen LogP contribution in [0.4, 0.5) is 0 Å². The summed E-state index contributed by atoms with van der Waals surface area (Å²) in [6.45, 7) is 3.43. The Bertz CT molecular complexity index is 347. The fourth-order valence-electron chi connectivity index (χ4n) is 1.25. The number of carbonyl (C=O) groups is 1. The van der Waals surface area contributed by atoms with Crippen molar-refractivity contribution in [3.8, 4) is 5.75 Å². The molecule has 0 N–H and O–H groups in total. The molecule has 0 aliphatic heterocycles. The van der Waals surface area contributed by atoms with Crippen LogP contribution in [-0.4, -0.2) is 12.9 Å². The van der Waals surface area contributed by atoms with Gasteiger partial charge in [0.15, 0.2) is 5.78 Å². The van der Waals surface area contributed by atoms with Gasteiger partial charge in [-0.1, -0.05) is 12.1 Å². The van der Waals surface area contributed by atoms with Crippen molar-refractivity contribution < 1.29 is 9.53 Å². The number of halogens is 1. The number of carbonyl (C=O) groups excluding carboxylic acids is 1. The molecule has 0 aliphatic carbocycles. The fourth-order valence-corrected chi connectivity index (χ4v) is 1.43. The predicted molar refractivity (Wildman–Crippen MR) is 57.0 cm³/mol. The maximum absolute atomic E-state index is 11.1. The minimum Gasteiger partial charge on any atom is -0.496 e. The number of rotatable bonds is 3. The van der Waals surface area contributed by atoms with E-state index in [9.17, 15) is 4.79 Å². The highest BCUT2D eigenvalue weighted by Gasteiger charge is 2.17. The van der Waals surface area contributed by atoms with Gasteiger partial charge in [0.2, 0.25) is 0 Å². The van der Waals surface area contributed by atoms with Gasteiger partial charge in [0, 0.05) is 5.56 Å². The third-order valence-electron chi connectivity index (χ3n) is 2.02. The second-order valence-corrected chi connectivity index (χ2v) is 3.66. The van der Waals surface area contributed by atoms with Gasteiger partial charge in [-0.2, -0.15) is 0 Å². The molecule has 1 aromatic rings. The van der Waals surface area contributed by atoms with E-state index in [1.807, 2.05) is 25.1 Å². The van der Waals surface area contributed by atoms with E-state index >= 15 is 0 Å². The third-order valence-corrected chi connectivity index (χ3v) is 2.56. The number of ether oxygens (including phenoxy) is 1. The number of hydrogen-bond acceptors (Lipinski definition) is 2. The van der Waals surface area contributed by atoms with Crippen LogP contribution < -0.4 is 4.74 Å². The summed E-state index contributed by atoms with van der Waals surface area (Å²) in [5.41, 5.74) is 1.81. The summed E-state index contributed by atoms with van der Waals surface area (Å²) >= 11 is 5.95. The minimum absolute atomic E-state index is 0.0752. The lowest BCUT2D eigenvalue weighted by atomic mass is 10.1. The Hall–Kier alpha value is -1.02. The highest BCUT2D eigenvalue weighted by Crippen LogP contribution is 2.30. The first-order valence-electron chi connectivity index (χ1n) is 4.35. The normalized spacial score (nSPS) is 12.3. The first kappa shape index (κ1) is 11.1. The highest BCUT2D eigenvalue weighted by molar-refractivity contribution is 6.31. The van der Waals surface area contributed by atoms with Gasteiger partial charge < -0.3 is 4.74 Å². The zero-order valence-electron chi connectivity index (χ0n) is 8.50. The Morgan fingerprint density at radius 2 is 2.14 bits per heavy atom. The summed E-state index contributed by atoms with van der Waals surface area (Å²) in [5, 5.41) is -0.620. The molecule has 0 saturated carbocycles. The van der Waals surface area contributed by atoms with E-state index in [0.29, 0.717) is 5.75 Å². The standard InChI is InChI=1S/C11H13ClO2/c1-7-4-5-9(10(6-7)14-3)11(12)8(2)13/h4-6,11H,1-3H3. The maximum Gasteiger partial charge on any atom is 0.152 e. The second kappa shape index (κ2) is 4.47. The van der Waals surface area contributed by atoms with Crippen LogP contribution in [-0.2, 0) is 4.79 Å². The van der Waals surface area contributed by atoms with Crippen molar-refractivity contribution >= 4 is 17.4 Å². The molecule has 0 heterocycles. The van der Waals surface area contributed by atoms with E-state index in [4.69, 9.17) is 16.3 Å². The van der Waals surface area contributed by atoms with E-state index in [-0.39, 0.29) is 5.78 Å². The quantitative estimate of drug-likeness (QED) is 0.721. The van der Waals surface area contributed by atoms with Crippen LogP contribution in [0.2, 0.25) is 0 Å². The third kappa shape index (κ3) is 2.26. The second-order valence-electron chi connectivity index (χ2n) is 3.22. The van der Waals surface area contributed by atoms with Crippen molar-refractivity contribution in [1.82, 2.24) is 0 Å². The van der Waals surface area contributed by atoms with Gasteiger partial charge in [-0.05, 0) is 25.5 Å². The van der Waals surface area contributed by atoms with Crippen LogP contribution in [0.15, 0.2) is 18.2 Å². The van der Waals surface area contributed by atoms with Crippen LogP contribution in [0.3, 0.4) is 0 Å². The van der Waals surface area contributed by atoms with Gasteiger partial charge in [0.05, 0.1) is 7.11 Å². The van der Waals surface area contributed by atoms with Gasteiger partial charge in [-0.15, -0.1) is 11.6 Å². The summed E-state index contributed by atoms with van der Waals surface area (Å²) in [4.78, 5) is 11.1. The smallest absolute Gasteiger partial charge is 0.152 e. The molecule has 0 radical (unpaired) electrons. The van der Waals surface area contributed by atoms with E-state index in [1.54, 1.807) is 7.11 Å². The highest BCUT2D eigenvalue weighted by atomic mass is 35.5. The number of ketones is 1. The minimum atomic E-state index is -0.620. The van der Waals surface area contributed by atoms with E-state index in [2.05, 4.69) is 0 Å². The monoisotopic (exact) mass is 212 g/mol. The molecular weight excluding hydrogens is 200 g/mol. The lowest BCUT2D eigenvalue weighted by molar-refractivity contribution is -0.116. The van der Waals surface area contributed by atoms with Crippen LogP contribution >= 0.6 is 11.6 Å². The zero-order chi connectivity index (χ0) is 10.7. The Balaban J connectivity index is 3.13. The van der Waals surface area contributed by atoms with Crippen LogP contribution in [0.5, 0.6) is 5.75 Å². The summed E-state index contributed by atoms with van der Waals surface area (Å²) in [7, 11) is 1.57. The molecule has 2 nitrogen and oxygen atoms in total. The predicted octanol–water partition coefficient (Wildman–Crippen LogP) is 2.87. The van der Waals surface area contributed by atoms with Crippen LogP contribution in [0, 0.1) is 6.92 Å². The van der Waals surface area contributed by atoms with Crippen molar-refractivity contribution in [2.75, 3.05) is 7.11 Å². The van der Waals surface area contributed by atoms with Crippen molar-refractivity contribution in [1.29, 1.82) is 0 Å². The lowest BCUT2D eigenvalue weighted by Crippen LogP contribution is -2.03. The molecule has 76 valence electrons. The molecule has 14 heavy (non-hydrogen) atoms. The first-order valence-corrected chi connectivity index (χ1v) is 4.79. The summed E-state index contributed by atoms with van der Waals surface area (Å²) < 4.78 is 5.16. The van der Waals surface area contributed by atoms with E-state index < -0.39 is 5.38 Å². The molecule has 1 atom stereocenters. The number of alkyl halides is 1. The van der Waals surface area contributed by atoms with Gasteiger partial charge in [0.1, 0.15) is 11.1 Å². The Kier molecular flexibility index (Phi) is 3.53. The molecule has 0 aliphatic rings. The number of benzene rings is 1. The molecular formula is C11H13ClO2. The SMILES string of the molecule is COc1cc(C)ccc1C(Cl)C(C)=O. The summed E-state index contributed by atoms with van der Waals surface area (Å²) in [6, 6.07) is 5.61. The molecule has 1 rings (SSSR count). The first-order chi connectivity index (χ1) is 6.56. The number of methoxy groups -OCH3 is 1. The molecule has 0 aromatic heterocycles. The van der Waals surface area contributed by atoms with Crippen LogP contribution in [0.1, 0.15) is 23.4 Å². The average molecular weight is 213 g/mol. The van der Waals surface area contributed by atoms with Crippen LogP contribution in [0.25, 0.3) is 0 Å². The lowest BCUT2D eigenvalue weighted by Gasteiger charge is -2.11. The van der Waals surface area contributed by atoms with E-state index in [1.165, 1.54) is 6.92 Å². The number of aryl methyl sites for hydroxylation is 1. The molecule has 1 unspecified atom stereocenters. The van der Waals surface area contributed by atoms with E-state index in [0.717, 1.165) is 11.1 Å². The molecule has 0 spiro atoms. The topological polar surface area (TPSA) is 26.3 Å². The molecule has 0 bridgehead atoms. The molecule has 3 heteroatoms. The molecule has 0 saturated heterocycles. The number of Topliss-reactive ketones (excluding diaryl/α,β-unsaturated/α-hetero) is 1. The largest absolute Gasteiger partial charge is 0.496 e. The fraction of sp³-hybridized carbons (Fsp3) is 0.364. The Morgan fingerprint density at radius 1 is 1.50 bits per heavy atom. The van der Waals surface area contributed by atoms with Crippen molar-refractivity contribution in [2.45, 2.75) is 19.2 Å². The van der Waals surface area contributed by atoms with Gasteiger partial charge in [0.25, 0.3) is 0 Å². The average Bonchev–Trinajstić information content (AvgIpc) is 2.16. The van der Waals surface area contributed by atoms with Crippen molar-refractivity contribution in [3.63, 3.8) is 0 Å². The van der Waals surface area contributed by atoms with Crippen molar-refractivity contribution in [3.05, 3.63) is 29.3 Å². The maximum atomic E-state index is 11.1. The summed E-state index contributed by atoms with van der Waals surface area (Å²) in [6.07, 6.45) is 0. The summed E-state index contributed by atoms with van der Waals surface area (Å²) in [5.74, 6) is 0.592. The Morgan fingerprint density at radius 3 is 2.64 bits per heavy atom. The Labute approximate surface area is 88.8 Å². The van der Waals surface area contributed by atoms with Gasteiger partial charge in [-0.25, -0.2) is 0 Å². The molecule has 0 amide bonds. The number of hydrogen-bond donors (Lipinski definition) is 0. The van der Waals surface area contributed by atoms with Gasteiger partial charge in [-0.3, -0.25) is 4.79 Å². The van der Waals surface area contributed by atoms with Gasteiger partial charge >= 0.3 is 0 Å². The zero-order valence-corrected chi connectivity index (χ0v) is 9.26. The van der Waals surface area contributed by atoms with Crippen molar-refractivity contribution in [2.24, 2.45) is 0 Å². The molecule has 0 fully saturated rings.